The number of nitrogens with two attached hydrogens (primary N) is 1. The molecule has 1 aliphatic rings. The molecular formula is C14H22N2O2. The van der Waals surface area contributed by atoms with Crippen molar-refractivity contribution in [2.24, 2.45) is 5.92 Å². The molecule has 0 saturated carbocycles. The van der Waals surface area contributed by atoms with Crippen molar-refractivity contribution in [2.75, 3.05) is 30.3 Å². The second kappa shape index (κ2) is 5.48. The van der Waals surface area contributed by atoms with Crippen LogP contribution in [0.25, 0.3) is 0 Å². The van der Waals surface area contributed by atoms with Gasteiger partial charge >= 0.3 is 0 Å². The van der Waals surface area contributed by atoms with Gasteiger partial charge in [-0.3, -0.25) is 0 Å². The van der Waals surface area contributed by atoms with E-state index in [1.165, 1.54) is 0 Å². The Morgan fingerprint density at radius 2 is 2.28 bits per heavy atom. The molecule has 4 nitrogen and oxygen atoms in total. The molecule has 0 radical (unpaired) electrons. The van der Waals surface area contributed by atoms with Gasteiger partial charge in [-0.05, 0) is 31.4 Å². The third-order valence-electron chi connectivity index (χ3n) is 3.54. The average molecular weight is 250 g/mol. The lowest BCUT2D eigenvalue weighted by Gasteiger charge is -2.36. The minimum absolute atomic E-state index is 0.197. The van der Waals surface area contributed by atoms with Crippen molar-refractivity contribution in [3.05, 3.63) is 18.2 Å². The van der Waals surface area contributed by atoms with Crippen LogP contribution in [0.3, 0.4) is 0 Å². The lowest BCUT2D eigenvalue weighted by molar-refractivity contribution is 0.0971. The summed E-state index contributed by atoms with van der Waals surface area (Å²) in [6.07, 6.45) is 0.594. The molecule has 4 heteroatoms. The first-order valence-corrected chi connectivity index (χ1v) is 6.57. The van der Waals surface area contributed by atoms with Crippen molar-refractivity contribution in [1.82, 2.24) is 0 Å². The summed E-state index contributed by atoms with van der Waals surface area (Å²) in [7, 11) is 0. The molecule has 2 atom stereocenters. The monoisotopic (exact) mass is 250 g/mol. The van der Waals surface area contributed by atoms with Gasteiger partial charge in [0.05, 0.1) is 24.1 Å². The smallest absolute Gasteiger partial charge is 0.144 e. The number of hydrogen-bond donors (Lipinski definition) is 2. The van der Waals surface area contributed by atoms with Crippen LogP contribution in [0.15, 0.2) is 18.2 Å². The summed E-state index contributed by atoms with van der Waals surface area (Å²) in [6, 6.07) is 5.87. The van der Waals surface area contributed by atoms with Crippen LogP contribution < -0.4 is 15.4 Å². The van der Waals surface area contributed by atoms with Crippen LogP contribution in [0.2, 0.25) is 0 Å². The zero-order valence-corrected chi connectivity index (χ0v) is 11.1. The number of ether oxygens (including phenoxy) is 1. The Morgan fingerprint density at radius 1 is 1.50 bits per heavy atom. The topological polar surface area (TPSA) is 58.7 Å². The van der Waals surface area contributed by atoms with Gasteiger partial charge in [-0.25, -0.2) is 0 Å². The summed E-state index contributed by atoms with van der Waals surface area (Å²) in [4.78, 5) is 2.23. The lowest BCUT2D eigenvalue weighted by atomic mass is 9.96. The number of piperidine rings is 1. The normalized spacial score (nSPS) is 24.1. The largest absolute Gasteiger partial charge is 0.492 e. The first-order chi connectivity index (χ1) is 8.63. The van der Waals surface area contributed by atoms with Crippen molar-refractivity contribution < 1.29 is 9.84 Å². The second-order valence-corrected chi connectivity index (χ2v) is 4.90. The van der Waals surface area contributed by atoms with Crippen LogP contribution in [0, 0.1) is 5.92 Å². The fourth-order valence-electron chi connectivity index (χ4n) is 2.44. The van der Waals surface area contributed by atoms with E-state index in [1.54, 1.807) is 0 Å². The van der Waals surface area contributed by atoms with Gasteiger partial charge in [0.2, 0.25) is 0 Å². The molecule has 1 saturated heterocycles. The van der Waals surface area contributed by atoms with E-state index in [0.29, 0.717) is 12.3 Å². The summed E-state index contributed by atoms with van der Waals surface area (Å²) in [5.74, 6) is 1.02. The molecule has 0 aromatic heterocycles. The number of hydrogen-bond acceptors (Lipinski definition) is 4. The highest BCUT2D eigenvalue weighted by Gasteiger charge is 2.25. The molecule has 0 aliphatic carbocycles. The molecule has 100 valence electrons. The van der Waals surface area contributed by atoms with Crippen molar-refractivity contribution in [3.8, 4) is 5.75 Å². The third kappa shape index (κ3) is 2.53. The molecule has 1 aromatic rings. The Morgan fingerprint density at radius 3 is 2.94 bits per heavy atom. The lowest BCUT2D eigenvalue weighted by Crippen LogP contribution is -2.42. The van der Waals surface area contributed by atoms with E-state index in [2.05, 4.69) is 11.8 Å². The van der Waals surface area contributed by atoms with Crippen LogP contribution in [-0.4, -0.2) is 30.9 Å². The number of nitrogen functional groups attached to an aromatic ring is 1. The number of nitrogens with zero attached hydrogens (tertiary/aromatic N) is 1. The van der Waals surface area contributed by atoms with Gasteiger partial charge in [-0.1, -0.05) is 13.0 Å². The molecule has 2 rings (SSSR count). The SMILES string of the molecule is CCOc1cccc(N2CCC(O)C(C)C2)c1N. The highest BCUT2D eigenvalue weighted by atomic mass is 16.5. The van der Waals surface area contributed by atoms with E-state index in [0.717, 1.165) is 30.9 Å². The highest BCUT2D eigenvalue weighted by Crippen LogP contribution is 2.34. The molecule has 3 N–H and O–H groups in total. The molecule has 18 heavy (non-hydrogen) atoms. The molecule has 0 amide bonds. The fourth-order valence-corrected chi connectivity index (χ4v) is 2.44. The Labute approximate surface area is 108 Å². The molecule has 1 aromatic carbocycles. The number of anilines is 2. The van der Waals surface area contributed by atoms with E-state index < -0.39 is 0 Å². The molecule has 1 aliphatic heterocycles. The zero-order chi connectivity index (χ0) is 13.1. The average Bonchev–Trinajstić information content (AvgIpc) is 2.36. The standard InChI is InChI=1S/C14H22N2O2/c1-3-18-13-6-4-5-11(14(13)15)16-8-7-12(17)10(2)9-16/h4-6,10,12,17H,3,7-9,15H2,1-2H3. The maximum atomic E-state index is 9.77. The van der Waals surface area contributed by atoms with Gasteiger partial charge in [-0.15, -0.1) is 0 Å². The number of aliphatic hydroxyl groups excluding tert-OH is 1. The predicted octanol–water partition coefficient (Wildman–Crippen LogP) is 1.87. The number of para-hydroxylation sites is 1. The molecule has 2 unspecified atom stereocenters. The first-order valence-electron chi connectivity index (χ1n) is 6.57. The molecular weight excluding hydrogens is 228 g/mol. The van der Waals surface area contributed by atoms with E-state index >= 15 is 0 Å². The van der Waals surface area contributed by atoms with Crippen molar-refractivity contribution in [3.63, 3.8) is 0 Å². The van der Waals surface area contributed by atoms with Crippen molar-refractivity contribution in [2.45, 2.75) is 26.4 Å². The van der Waals surface area contributed by atoms with Gasteiger partial charge < -0.3 is 20.5 Å². The van der Waals surface area contributed by atoms with Crippen LogP contribution in [0.4, 0.5) is 11.4 Å². The van der Waals surface area contributed by atoms with Gasteiger partial charge in [0.25, 0.3) is 0 Å². The number of benzene rings is 1. The van der Waals surface area contributed by atoms with Crippen LogP contribution in [-0.2, 0) is 0 Å². The van der Waals surface area contributed by atoms with E-state index in [1.807, 2.05) is 25.1 Å². The first kappa shape index (κ1) is 13.0. The van der Waals surface area contributed by atoms with Crippen LogP contribution in [0.5, 0.6) is 5.75 Å². The van der Waals surface area contributed by atoms with Crippen LogP contribution in [0.1, 0.15) is 20.3 Å². The Hall–Kier alpha value is -1.42. The fraction of sp³-hybridized carbons (Fsp3) is 0.571. The molecule has 1 heterocycles. The summed E-state index contributed by atoms with van der Waals surface area (Å²) < 4.78 is 5.52. The van der Waals surface area contributed by atoms with Crippen LogP contribution >= 0.6 is 0 Å². The van der Waals surface area contributed by atoms with Gasteiger partial charge in [0, 0.05) is 13.1 Å². The maximum absolute atomic E-state index is 9.77. The minimum Gasteiger partial charge on any atom is -0.492 e. The van der Waals surface area contributed by atoms with E-state index in [4.69, 9.17) is 10.5 Å². The van der Waals surface area contributed by atoms with Gasteiger partial charge in [0.1, 0.15) is 5.75 Å². The third-order valence-corrected chi connectivity index (χ3v) is 3.54. The number of aliphatic hydroxyl groups is 1. The summed E-state index contributed by atoms with van der Waals surface area (Å²) in [6.45, 7) is 6.31. The van der Waals surface area contributed by atoms with Crippen molar-refractivity contribution in [1.29, 1.82) is 0 Å². The van der Waals surface area contributed by atoms with Gasteiger partial charge in [0.15, 0.2) is 0 Å². The zero-order valence-electron chi connectivity index (χ0n) is 11.1. The van der Waals surface area contributed by atoms with E-state index in [-0.39, 0.29) is 12.0 Å². The molecule has 1 fully saturated rings. The summed E-state index contributed by atoms with van der Waals surface area (Å²) in [5.41, 5.74) is 7.86. The Kier molecular flexibility index (Phi) is 3.97. The van der Waals surface area contributed by atoms with Crippen molar-refractivity contribution >= 4 is 11.4 Å². The highest BCUT2D eigenvalue weighted by molar-refractivity contribution is 5.74. The second-order valence-electron chi connectivity index (χ2n) is 4.90. The quantitative estimate of drug-likeness (QED) is 0.804. The molecule has 0 bridgehead atoms. The predicted molar refractivity (Wildman–Crippen MR) is 74.0 cm³/mol. The maximum Gasteiger partial charge on any atom is 0.144 e. The Balaban J connectivity index is 2.20. The molecule has 0 spiro atoms. The summed E-state index contributed by atoms with van der Waals surface area (Å²) in [5, 5.41) is 9.77. The minimum atomic E-state index is -0.197. The number of rotatable bonds is 3. The Bertz CT molecular complexity index is 409. The van der Waals surface area contributed by atoms with E-state index in [9.17, 15) is 5.11 Å². The summed E-state index contributed by atoms with van der Waals surface area (Å²) >= 11 is 0. The van der Waals surface area contributed by atoms with Gasteiger partial charge in [-0.2, -0.15) is 0 Å².